The third-order valence-corrected chi connectivity index (χ3v) is 2.57. The molecule has 0 aliphatic heterocycles. The van der Waals surface area contributed by atoms with E-state index in [1.807, 2.05) is 26.0 Å². The summed E-state index contributed by atoms with van der Waals surface area (Å²) in [4.78, 5) is 4.01. The van der Waals surface area contributed by atoms with Gasteiger partial charge in [0.2, 0.25) is 0 Å². The fraction of sp³-hybridized carbons (Fsp3) is 0.273. The molecular formula is C11H15N3S. The van der Waals surface area contributed by atoms with Crippen LogP contribution in [0.3, 0.4) is 0 Å². The Hall–Kier alpha value is -1.42. The highest BCUT2D eigenvalue weighted by molar-refractivity contribution is 7.79. The Morgan fingerprint density at radius 3 is 2.67 bits per heavy atom. The Morgan fingerprint density at radius 1 is 1.47 bits per heavy atom. The fourth-order valence-electron chi connectivity index (χ4n) is 1.44. The summed E-state index contributed by atoms with van der Waals surface area (Å²) in [5.74, 6) is 0.524. The number of nitrogens with one attached hydrogen (secondary N) is 1. The van der Waals surface area contributed by atoms with Gasteiger partial charge in [-0.05, 0) is 31.0 Å². The van der Waals surface area contributed by atoms with E-state index >= 15 is 0 Å². The Labute approximate surface area is 95.4 Å². The summed E-state index contributed by atoms with van der Waals surface area (Å²) in [5, 5.41) is 2.99. The Balaban J connectivity index is 3.41. The molecule has 0 fully saturated rings. The number of anilines is 1. The predicted octanol–water partition coefficient (Wildman–Crippen LogP) is 2.01. The second-order valence-electron chi connectivity index (χ2n) is 3.30. The highest BCUT2D eigenvalue weighted by Crippen LogP contribution is 2.22. The number of aryl methyl sites for hydroxylation is 1. The van der Waals surface area contributed by atoms with Crippen molar-refractivity contribution in [3.8, 4) is 0 Å². The van der Waals surface area contributed by atoms with Gasteiger partial charge in [0.15, 0.2) is 0 Å². The van der Waals surface area contributed by atoms with Crippen molar-refractivity contribution in [1.29, 1.82) is 0 Å². The first-order valence-electron chi connectivity index (χ1n) is 4.64. The molecule has 4 heteroatoms. The summed E-state index contributed by atoms with van der Waals surface area (Å²) < 4.78 is 0. The molecule has 0 aromatic heterocycles. The van der Waals surface area contributed by atoms with E-state index < -0.39 is 0 Å². The number of hydrogen-bond donors (Lipinski definition) is 2. The van der Waals surface area contributed by atoms with Crippen LogP contribution >= 0.6 is 12.2 Å². The third kappa shape index (κ3) is 2.33. The molecule has 0 amide bonds. The van der Waals surface area contributed by atoms with Crippen LogP contribution in [-0.4, -0.2) is 18.4 Å². The zero-order valence-electron chi connectivity index (χ0n) is 9.16. The topological polar surface area (TPSA) is 50.4 Å². The minimum atomic E-state index is 0.524. The van der Waals surface area contributed by atoms with Crippen LogP contribution in [0, 0.1) is 13.8 Å². The minimum Gasteiger partial charge on any atom is -0.383 e. The average Bonchev–Trinajstić information content (AvgIpc) is 2.23. The SMILES string of the molecule is CN=C(N)c1c(NC=S)ccc(C)c1C. The number of rotatable bonds is 3. The molecule has 0 atom stereocenters. The van der Waals surface area contributed by atoms with Gasteiger partial charge in [0.05, 0.1) is 5.49 Å². The van der Waals surface area contributed by atoms with E-state index in [-0.39, 0.29) is 0 Å². The van der Waals surface area contributed by atoms with E-state index in [1.165, 1.54) is 11.1 Å². The molecular weight excluding hydrogens is 206 g/mol. The molecule has 1 aromatic rings. The zero-order chi connectivity index (χ0) is 11.4. The van der Waals surface area contributed by atoms with Crippen molar-refractivity contribution in [3.63, 3.8) is 0 Å². The number of nitrogens with zero attached hydrogens (tertiary/aromatic N) is 1. The van der Waals surface area contributed by atoms with Crippen molar-refractivity contribution in [3.05, 3.63) is 28.8 Å². The lowest BCUT2D eigenvalue weighted by molar-refractivity contribution is 1.30. The molecule has 0 aliphatic rings. The second kappa shape index (κ2) is 4.89. The van der Waals surface area contributed by atoms with Crippen LogP contribution < -0.4 is 11.1 Å². The van der Waals surface area contributed by atoms with Gasteiger partial charge in [0, 0.05) is 18.3 Å². The van der Waals surface area contributed by atoms with Gasteiger partial charge in [-0.3, -0.25) is 4.99 Å². The molecule has 0 radical (unpaired) electrons. The highest BCUT2D eigenvalue weighted by Gasteiger charge is 2.10. The minimum absolute atomic E-state index is 0.524. The lowest BCUT2D eigenvalue weighted by Gasteiger charge is -2.13. The first kappa shape index (κ1) is 11.7. The Morgan fingerprint density at radius 2 is 2.13 bits per heavy atom. The van der Waals surface area contributed by atoms with Gasteiger partial charge >= 0.3 is 0 Å². The number of thiocarbonyl (C=S) groups is 1. The first-order chi connectivity index (χ1) is 7.11. The van der Waals surface area contributed by atoms with Gasteiger partial charge in [-0.1, -0.05) is 18.3 Å². The van der Waals surface area contributed by atoms with Gasteiger partial charge < -0.3 is 11.1 Å². The lowest BCUT2D eigenvalue weighted by Crippen LogP contribution is -2.17. The molecule has 1 aromatic carbocycles. The van der Waals surface area contributed by atoms with Gasteiger partial charge in [-0.25, -0.2) is 0 Å². The van der Waals surface area contributed by atoms with Crippen LogP contribution in [0.4, 0.5) is 5.69 Å². The van der Waals surface area contributed by atoms with Crippen molar-refractivity contribution < 1.29 is 0 Å². The maximum Gasteiger partial charge on any atom is 0.127 e. The molecule has 0 bridgehead atoms. The summed E-state index contributed by atoms with van der Waals surface area (Å²) in [5.41, 5.74) is 11.5. The quantitative estimate of drug-likeness (QED) is 0.466. The fourth-order valence-corrected chi connectivity index (χ4v) is 1.57. The van der Waals surface area contributed by atoms with E-state index in [4.69, 9.17) is 18.0 Å². The molecule has 1 rings (SSSR count). The van der Waals surface area contributed by atoms with E-state index in [9.17, 15) is 0 Å². The second-order valence-corrected chi connectivity index (χ2v) is 3.54. The maximum absolute atomic E-state index is 5.86. The molecule has 15 heavy (non-hydrogen) atoms. The summed E-state index contributed by atoms with van der Waals surface area (Å²) >= 11 is 4.78. The largest absolute Gasteiger partial charge is 0.383 e. The van der Waals surface area contributed by atoms with Gasteiger partial charge in [0.1, 0.15) is 5.84 Å². The third-order valence-electron chi connectivity index (χ3n) is 2.45. The van der Waals surface area contributed by atoms with Crippen LogP contribution in [0.2, 0.25) is 0 Å². The van der Waals surface area contributed by atoms with Crippen LogP contribution in [0.1, 0.15) is 16.7 Å². The molecule has 0 aliphatic carbocycles. The molecule has 80 valence electrons. The number of nitrogens with two attached hydrogens (primary N) is 1. The van der Waals surface area contributed by atoms with Crippen LogP contribution in [0.15, 0.2) is 17.1 Å². The molecule has 0 unspecified atom stereocenters. The van der Waals surface area contributed by atoms with Crippen LogP contribution in [0.5, 0.6) is 0 Å². The van der Waals surface area contributed by atoms with Gasteiger partial charge in [-0.2, -0.15) is 0 Å². The molecule has 3 nitrogen and oxygen atoms in total. The number of amidine groups is 1. The van der Waals surface area contributed by atoms with Crippen molar-refractivity contribution in [2.24, 2.45) is 10.7 Å². The van der Waals surface area contributed by atoms with Gasteiger partial charge in [-0.15, -0.1) is 0 Å². The molecule has 0 saturated carbocycles. The van der Waals surface area contributed by atoms with Crippen LogP contribution in [-0.2, 0) is 0 Å². The van der Waals surface area contributed by atoms with Crippen molar-refractivity contribution in [2.45, 2.75) is 13.8 Å². The van der Waals surface area contributed by atoms with Gasteiger partial charge in [0.25, 0.3) is 0 Å². The summed E-state index contributed by atoms with van der Waals surface area (Å²) in [7, 11) is 1.68. The summed E-state index contributed by atoms with van der Waals surface area (Å²) in [6.45, 7) is 4.07. The number of benzene rings is 1. The standard InChI is InChI=1S/C11H15N3S/c1-7-4-5-9(14-6-15)10(8(7)2)11(12)13-3/h4-6H,1-3H3,(H2,12,13)(H,14,15). The lowest BCUT2D eigenvalue weighted by atomic mass is 10.0. The number of hydrogen-bond acceptors (Lipinski definition) is 2. The van der Waals surface area contributed by atoms with E-state index in [0.29, 0.717) is 5.84 Å². The Kier molecular flexibility index (Phi) is 3.80. The smallest absolute Gasteiger partial charge is 0.127 e. The normalized spacial score (nSPS) is 11.3. The predicted molar refractivity (Wildman–Crippen MR) is 69.8 cm³/mol. The Bertz CT molecular complexity index is 411. The summed E-state index contributed by atoms with van der Waals surface area (Å²) in [6, 6.07) is 3.99. The zero-order valence-corrected chi connectivity index (χ0v) is 9.98. The number of aliphatic imine (C=N–C) groups is 1. The average molecular weight is 221 g/mol. The van der Waals surface area contributed by atoms with E-state index in [2.05, 4.69) is 10.3 Å². The molecule has 3 N–H and O–H groups in total. The van der Waals surface area contributed by atoms with Crippen LogP contribution in [0.25, 0.3) is 0 Å². The van der Waals surface area contributed by atoms with Crippen molar-refractivity contribution in [1.82, 2.24) is 0 Å². The molecule has 0 saturated heterocycles. The van der Waals surface area contributed by atoms with Crippen molar-refractivity contribution >= 4 is 29.2 Å². The molecule has 0 spiro atoms. The molecule has 0 heterocycles. The monoisotopic (exact) mass is 221 g/mol. The summed E-state index contributed by atoms with van der Waals surface area (Å²) in [6.07, 6.45) is 0. The van der Waals surface area contributed by atoms with E-state index in [1.54, 1.807) is 7.05 Å². The first-order valence-corrected chi connectivity index (χ1v) is 5.12. The van der Waals surface area contributed by atoms with Crippen molar-refractivity contribution in [2.75, 3.05) is 12.4 Å². The van der Waals surface area contributed by atoms with E-state index in [0.717, 1.165) is 16.8 Å². The highest BCUT2D eigenvalue weighted by atomic mass is 32.1. The maximum atomic E-state index is 5.86.